The van der Waals surface area contributed by atoms with E-state index in [1.165, 1.54) is 0 Å². The van der Waals surface area contributed by atoms with Gasteiger partial charge in [-0.2, -0.15) is 0 Å². The molecule has 2 heterocycles. The van der Waals surface area contributed by atoms with E-state index in [1.807, 2.05) is 18.2 Å². The molecule has 0 unspecified atom stereocenters. The second-order valence-corrected chi connectivity index (χ2v) is 7.00. The molecule has 0 bridgehead atoms. The van der Waals surface area contributed by atoms with Gasteiger partial charge in [-0.3, -0.25) is 4.79 Å². The zero-order valence-corrected chi connectivity index (χ0v) is 13.7. The van der Waals surface area contributed by atoms with Crippen LogP contribution in [-0.2, 0) is 4.79 Å². The van der Waals surface area contributed by atoms with E-state index in [4.69, 9.17) is 14.2 Å². The molecule has 1 aromatic rings. The number of carbonyl (C=O) groups is 1. The van der Waals surface area contributed by atoms with E-state index in [-0.39, 0.29) is 6.79 Å². The van der Waals surface area contributed by atoms with Gasteiger partial charge in [0.05, 0.1) is 12.0 Å². The average molecular weight is 333 g/mol. The number of hydrogen-bond donors (Lipinski definition) is 1. The highest BCUT2D eigenvalue weighted by atomic mass is 16.7. The molecule has 1 aromatic carbocycles. The second kappa shape index (κ2) is 6.16. The van der Waals surface area contributed by atoms with Crippen LogP contribution < -0.4 is 14.2 Å². The summed E-state index contributed by atoms with van der Waals surface area (Å²) < 4.78 is 16.4. The molecule has 6 heteroatoms. The summed E-state index contributed by atoms with van der Waals surface area (Å²) >= 11 is 0. The van der Waals surface area contributed by atoms with Gasteiger partial charge in [-0.25, -0.2) is 0 Å². The van der Waals surface area contributed by atoms with Gasteiger partial charge in [0.1, 0.15) is 5.75 Å². The monoisotopic (exact) mass is 333 g/mol. The molecule has 0 aromatic heterocycles. The Hall–Kier alpha value is -1.95. The predicted octanol–water partition coefficient (Wildman–Crippen LogP) is 2.37. The van der Waals surface area contributed by atoms with Crippen LogP contribution in [0.2, 0.25) is 0 Å². The molecule has 24 heavy (non-hydrogen) atoms. The van der Waals surface area contributed by atoms with Crippen molar-refractivity contribution in [1.29, 1.82) is 0 Å². The lowest BCUT2D eigenvalue weighted by atomic mass is 9.81. The van der Waals surface area contributed by atoms with Gasteiger partial charge in [-0.05, 0) is 37.3 Å². The normalized spacial score (nSPS) is 28.1. The Morgan fingerprint density at radius 3 is 3.08 bits per heavy atom. The van der Waals surface area contributed by atoms with Crippen LogP contribution in [-0.4, -0.2) is 49.0 Å². The molecule has 2 aliphatic heterocycles. The van der Waals surface area contributed by atoms with Crippen molar-refractivity contribution in [3.8, 4) is 17.2 Å². The molecule has 4 rings (SSSR count). The molecule has 0 amide bonds. The maximum absolute atomic E-state index is 11.7. The second-order valence-electron chi connectivity index (χ2n) is 7.00. The van der Waals surface area contributed by atoms with Gasteiger partial charge in [0.15, 0.2) is 11.5 Å². The van der Waals surface area contributed by atoms with Gasteiger partial charge in [0.2, 0.25) is 6.79 Å². The number of rotatable bonds is 6. The fourth-order valence-corrected chi connectivity index (χ4v) is 4.36. The lowest BCUT2D eigenvalue weighted by Crippen LogP contribution is -2.36. The van der Waals surface area contributed by atoms with E-state index in [0.717, 1.165) is 56.0 Å². The summed E-state index contributed by atoms with van der Waals surface area (Å²) in [4.78, 5) is 14.0. The first-order chi connectivity index (χ1) is 11.7. The smallest absolute Gasteiger partial charge is 0.311 e. The highest BCUT2D eigenvalue weighted by Crippen LogP contribution is 2.48. The van der Waals surface area contributed by atoms with Crippen molar-refractivity contribution in [2.24, 2.45) is 11.3 Å². The molecule has 3 aliphatic rings. The van der Waals surface area contributed by atoms with Gasteiger partial charge >= 0.3 is 5.97 Å². The van der Waals surface area contributed by atoms with Crippen LogP contribution in [0.25, 0.3) is 0 Å². The van der Waals surface area contributed by atoms with Crippen molar-refractivity contribution >= 4 is 5.97 Å². The molecule has 1 N–H and O–H groups in total. The van der Waals surface area contributed by atoms with Crippen LogP contribution in [0.1, 0.15) is 25.7 Å². The highest BCUT2D eigenvalue weighted by molar-refractivity contribution is 5.76. The Kier molecular flexibility index (Phi) is 4.00. The summed E-state index contributed by atoms with van der Waals surface area (Å²) in [5.41, 5.74) is -0.488. The third kappa shape index (κ3) is 2.69. The number of benzene rings is 1. The van der Waals surface area contributed by atoms with Crippen molar-refractivity contribution in [2.75, 3.05) is 33.0 Å². The summed E-state index contributed by atoms with van der Waals surface area (Å²) in [5, 5.41) is 9.62. The summed E-state index contributed by atoms with van der Waals surface area (Å²) in [6, 6.07) is 5.59. The SMILES string of the molecule is O=C(O)[C@@]12CCC[C@H]1CN(CCCOc1ccc3c(c1)OCO3)C2. The minimum absolute atomic E-state index is 0.264. The lowest BCUT2D eigenvalue weighted by Gasteiger charge is -2.23. The zero-order chi connectivity index (χ0) is 16.6. The minimum atomic E-state index is -0.607. The van der Waals surface area contributed by atoms with Crippen LogP contribution in [0, 0.1) is 11.3 Å². The first kappa shape index (κ1) is 15.6. The average Bonchev–Trinajstić information content (AvgIpc) is 3.24. The Labute approximate surface area is 141 Å². The topological polar surface area (TPSA) is 68.2 Å². The number of likely N-dealkylation sites (tertiary alicyclic amines) is 1. The van der Waals surface area contributed by atoms with Crippen molar-refractivity contribution < 1.29 is 24.1 Å². The number of carboxylic acid groups (broad SMARTS) is 1. The Balaban J connectivity index is 1.25. The molecular weight excluding hydrogens is 310 g/mol. The van der Waals surface area contributed by atoms with E-state index in [1.54, 1.807) is 0 Å². The van der Waals surface area contributed by atoms with Crippen LogP contribution >= 0.6 is 0 Å². The molecule has 0 radical (unpaired) electrons. The van der Waals surface area contributed by atoms with E-state index in [0.29, 0.717) is 19.1 Å². The van der Waals surface area contributed by atoms with Gasteiger partial charge in [0.25, 0.3) is 0 Å². The number of hydrogen-bond acceptors (Lipinski definition) is 5. The van der Waals surface area contributed by atoms with Crippen LogP contribution in [0.15, 0.2) is 18.2 Å². The Bertz CT molecular complexity index is 634. The van der Waals surface area contributed by atoms with E-state index in [2.05, 4.69) is 4.90 Å². The van der Waals surface area contributed by atoms with Gasteiger partial charge < -0.3 is 24.2 Å². The van der Waals surface area contributed by atoms with Gasteiger partial charge in [-0.1, -0.05) is 6.42 Å². The third-order valence-electron chi connectivity index (χ3n) is 5.60. The standard InChI is InChI=1S/C18H23NO5/c20-17(21)18-6-1-3-13(18)10-19(11-18)7-2-8-22-14-4-5-15-16(9-14)24-12-23-15/h4-5,9,13H,1-3,6-8,10-12H2,(H,20,21)/t13-,18+/m0/s1. The summed E-state index contributed by atoms with van der Waals surface area (Å²) in [7, 11) is 0. The van der Waals surface area contributed by atoms with E-state index in [9.17, 15) is 9.90 Å². The third-order valence-corrected chi connectivity index (χ3v) is 5.60. The maximum Gasteiger partial charge on any atom is 0.311 e. The van der Waals surface area contributed by atoms with Crippen molar-refractivity contribution in [2.45, 2.75) is 25.7 Å². The van der Waals surface area contributed by atoms with Crippen LogP contribution in [0.5, 0.6) is 17.2 Å². The quantitative estimate of drug-likeness (QED) is 0.806. The maximum atomic E-state index is 11.7. The van der Waals surface area contributed by atoms with E-state index < -0.39 is 11.4 Å². The zero-order valence-electron chi connectivity index (χ0n) is 13.7. The molecular formula is C18H23NO5. The number of fused-ring (bicyclic) bond motifs is 2. The minimum Gasteiger partial charge on any atom is -0.493 e. The largest absolute Gasteiger partial charge is 0.493 e. The highest BCUT2D eigenvalue weighted by Gasteiger charge is 2.54. The van der Waals surface area contributed by atoms with Crippen molar-refractivity contribution in [1.82, 2.24) is 4.90 Å². The van der Waals surface area contributed by atoms with Crippen molar-refractivity contribution in [3.63, 3.8) is 0 Å². The first-order valence-electron chi connectivity index (χ1n) is 8.66. The number of nitrogens with zero attached hydrogens (tertiary/aromatic N) is 1. The summed E-state index contributed by atoms with van der Waals surface area (Å²) in [6.45, 7) is 3.37. The van der Waals surface area contributed by atoms with Gasteiger partial charge in [-0.15, -0.1) is 0 Å². The van der Waals surface area contributed by atoms with Crippen molar-refractivity contribution in [3.05, 3.63) is 18.2 Å². The molecule has 0 spiro atoms. The molecule has 6 nitrogen and oxygen atoms in total. The van der Waals surface area contributed by atoms with Crippen LogP contribution in [0.3, 0.4) is 0 Å². The predicted molar refractivity (Wildman–Crippen MR) is 86.5 cm³/mol. The fraction of sp³-hybridized carbons (Fsp3) is 0.611. The van der Waals surface area contributed by atoms with Crippen LogP contribution in [0.4, 0.5) is 0 Å². The van der Waals surface area contributed by atoms with Gasteiger partial charge in [0, 0.05) is 25.7 Å². The summed E-state index contributed by atoms with van der Waals surface area (Å²) in [6.07, 6.45) is 3.82. The number of ether oxygens (including phenoxy) is 3. The molecule has 1 aliphatic carbocycles. The lowest BCUT2D eigenvalue weighted by molar-refractivity contribution is -0.149. The molecule has 2 atom stereocenters. The number of aliphatic carboxylic acids is 1. The first-order valence-corrected chi connectivity index (χ1v) is 8.66. The fourth-order valence-electron chi connectivity index (χ4n) is 4.36. The van der Waals surface area contributed by atoms with E-state index >= 15 is 0 Å². The molecule has 1 saturated heterocycles. The Morgan fingerprint density at radius 2 is 2.25 bits per heavy atom. The summed E-state index contributed by atoms with van der Waals surface area (Å²) in [5.74, 6) is 1.97. The molecule has 2 fully saturated rings. The molecule has 130 valence electrons. The number of carboxylic acids is 1. The Morgan fingerprint density at radius 1 is 1.38 bits per heavy atom. The molecule has 1 saturated carbocycles.